The standard InChI is InChI=1S/C16H15N5O5S/c1-10-17-16(19-18-10)11-4-3-5-12(8-11)20-27(24,25)15-7-6-13(21(22)23)9-14(15)26-2/h3-9,20H,1-2H3,(H,17,18,19). The highest BCUT2D eigenvalue weighted by molar-refractivity contribution is 7.92. The van der Waals surface area contributed by atoms with Crippen LogP contribution in [-0.4, -0.2) is 35.6 Å². The average Bonchev–Trinajstić information content (AvgIpc) is 3.07. The van der Waals surface area contributed by atoms with E-state index < -0.39 is 14.9 Å². The Balaban J connectivity index is 1.94. The first-order chi connectivity index (χ1) is 12.8. The van der Waals surface area contributed by atoms with Gasteiger partial charge in [0.15, 0.2) is 5.82 Å². The molecule has 3 rings (SSSR count). The lowest BCUT2D eigenvalue weighted by Crippen LogP contribution is -2.14. The fraction of sp³-hybridized carbons (Fsp3) is 0.125. The summed E-state index contributed by atoms with van der Waals surface area (Å²) in [6.07, 6.45) is 0. The van der Waals surface area contributed by atoms with E-state index in [0.29, 0.717) is 17.2 Å². The number of non-ortho nitro benzene ring substituents is 1. The Hall–Kier alpha value is -3.47. The Morgan fingerprint density at radius 1 is 1.22 bits per heavy atom. The van der Waals surface area contributed by atoms with E-state index in [9.17, 15) is 18.5 Å². The van der Waals surface area contributed by atoms with Gasteiger partial charge in [-0.25, -0.2) is 13.4 Å². The van der Waals surface area contributed by atoms with Crippen molar-refractivity contribution in [2.24, 2.45) is 0 Å². The van der Waals surface area contributed by atoms with Gasteiger partial charge in [0, 0.05) is 17.3 Å². The van der Waals surface area contributed by atoms with Crippen LogP contribution in [0.25, 0.3) is 11.4 Å². The fourth-order valence-corrected chi connectivity index (χ4v) is 3.60. The van der Waals surface area contributed by atoms with E-state index >= 15 is 0 Å². The summed E-state index contributed by atoms with van der Waals surface area (Å²) in [5.74, 6) is 0.936. The van der Waals surface area contributed by atoms with Gasteiger partial charge < -0.3 is 4.74 Å². The summed E-state index contributed by atoms with van der Waals surface area (Å²) < 4.78 is 32.9. The molecule has 0 aliphatic rings. The Bertz CT molecular complexity index is 1110. The van der Waals surface area contributed by atoms with E-state index in [0.717, 1.165) is 18.2 Å². The summed E-state index contributed by atoms with van der Waals surface area (Å²) >= 11 is 0. The number of sulfonamides is 1. The summed E-state index contributed by atoms with van der Waals surface area (Å²) in [6, 6.07) is 9.84. The van der Waals surface area contributed by atoms with Gasteiger partial charge in [-0.1, -0.05) is 12.1 Å². The number of hydrogen-bond donors (Lipinski definition) is 2. The third-order valence-electron chi connectivity index (χ3n) is 3.62. The Kier molecular flexibility index (Phi) is 4.77. The van der Waals surface area contributed by atoms with E-state index in [4.69, 9.17) is 4.74 Å². The quantitative estimate of drug-likeness (QED) is 0.487. The van der Waals surface area contributed by atoms with Gasteiger partial charge >= 0.3 is 0 Å². The van der Waals surface area contributed by atoms with E-state index in [2.05, 4.69) is 19.9 Å². The van der Waals surface area contributed by atoms with Gasteiger partial charge in [0.25, 0.3) is 15.7 Å². The lowest BCUT2D eigenvalue weighted by molar-refractivity contribution is -0.385. The van der Waals surface area contributed by atoms with Crippen molar-refractivity contribution in [3.05, 3.63) is 58.4 Å². The number of H-pyrrole nitrogens is 1. The number of aryl methyl sites for hydroxylation is 1. The van der Waals surface area contributed by atoms with Crippen LogP contribution in [0.4, 0.5) is 11.4 Å². The summed E-state index contributed by atoms with van der Waals surface area (Å²) in [5, 5.41) is 17.6. The Morgan fingerprint density at radius 3 is 2.63 bits per heavy atom. The first-order valence-corrected chi connectivity index (χ1v) is 9.13. The van der Waals surface area contributed by atoms with Crippen LogP contribution >= 0.6 is 0 Å². The molecule has 0 bridgehead atoms. The number of aromatic amines is 1. The third-order valence-corrected chi connectivity index (χ3v) is 5.04. The second-order valence-corrected chi connectivity index (χ2v) is 7.17. The van der Waals surface area contributed by atoms with Crippen LogP contribution < -0.4 is 9.46 Å². The predicted molar refractivity (Wildman–Crippen MR) is 97.0 cm³/mol. The molecule has 27 heavy (non-hydrogen) atoms. The summed E-state index contributed by atoms with van der Waals surface area (Å²) in [5.41, 5.74) is 0.637. The van der Waals surface area contributed by atoms with Crippen LogP contribution in [-0.2, 0) is 10.0 Å². The topological polar surface area (TPSA) is 140 Å². The number of nitrogens with zero attached hydrogens (tertiary/aromatic N) is 3. The molecule has 0 saturated carbocycles. The molecule has 1 heterocycles. The molecule has 0 saturated heterocycles. The Morgan fingerprint density at radius 2 is 2.00 bits per heavy atom. The number of aromatic nitrogens is 3. The minimum Gasteiger partial charge on any atom is -0.495 e. The molecule has 10 nitrogen and oxygen atoms in total. The van der Waals surface area contributed by atoms with Crippen molar-refractivity contribution in [1.29, 1.82) is 0 Å². The molecule has 2 N–H and O–H groups in total. The van der Waals surface area contributed by atoms with Crippen molar-refractivity contribution < 1.29 is 18.1 Å². The minimum atomic E-state index is -4.04. The van der Waals surface area contributed by atoms with Gasteiger partial charge in [0.05, 0.1) is 18.1 Å². The number of nitro benzene ring substituents is 1. The number of benzene rings is 2. The largest absolute Gasteiger partial charge is 0.495 e. The van der Waals surface area contributed by atoms with Crippen LogP contribution in [0.15, 0.2) is 47.4 Å². The molecular formula is C16H15N5O5S. The molecule has 0 aliphatic heterocycles. The second-order valence-electron chi connectivity index (χ2n) is 5.52. The van der Waals surface area contributed by atoms with Gasteiger partial charge in [-0.2, -0.15) is 5.10 Å². The smallest absolute Gasteiger partial charge is 0.273 e. The molecular weight excluding hydrogens is 374 g/mol. The van der Waals surface area contributed by atoms with Gasteiger partial charge in [0.1, 0.15) is 16.5 Å². The van der Waals surface area contributed by atoms with Crippen molar-refractivity contribution in [3.8, 4) is 17.1 Å². The van der Waals surface area contributed by atoms with E-state index in [1.54, 1.807) is 31.2 Å². The maximum atomic E-state index is 12.7. The first kappa shape index (κ1) is 18.3. The van der Waals surface area contributed by atoms with E-state index in [1.165, 1.54) is 7.11 Å². The molecule has 2 aromatic carbocycles. The van der Waals surface area contributed by atoms with Crippen molar-refractivity contribution in [3.63, 3.8) is 0 Å². The molecule has 0 radical (unpaired) electrons. The van der Waals surface area contributed by atoms with E-state index in [-0.39, 0.29) is 22.0 Å². The van der Waals surface area contributed by atoms with Gasteiger partial charge in [0.2, 0.25) is 0 Å². The van der Waals surface area contributed by atoms with Crippen LogP contribution in [0.5, 0.6) is 5.75 Å². The summed E-state index contributed by atoms with van der Waals surface area (Å²) in [7, 11) is -2.80. The Labute approximate surface area is 154 Å². The highest BCUT2D eigenvalue weighted by atomic mass is 32.2. The second kappa shape index (κ2) is 7.03. The average molecular weight is 389 g/mol. The SMILES string of the molecule is COc1cc([N+](=O)[O-])ccc1S(=O)(=O)Nc1cccc(-c2n[nH]c(C)n2)c1. The van der Waals surface area contributed by atoms with Gasteiger partial charge in [-0.3, -0.25) is 19.9 Å². The first-order valence-electron chi connectivity index (χ1n) is 7.65. The van der Waals surface area contributed by atoms with Crippen LogP contribution in [0.3, 0.4) is 0 Å². The highest BCUT2D eigenvalue weighted by Crippen LogP contribution is 2.30. The van der Waals surface area contributed by atoms with Crippen LogP contribution in [0, 0.1) is 17.0 Å². The lowest BCUT2D eigenvalue weighted by atomic mass is 10.2. The zero-order valence-corrected chi connectivity index (χ0v) is 15.1. The third kappa shape index (κ3) is 3.87. The fourth-order valence-electron chi connectivity index (χ4n) is 2.40. The highest BCUT2D eigenvalue weighted by Gasteiger charge is 2.22. The number of ether oxygens (including phenoxy) is 1. The molecule has 0 atom stereocenters. The molecule has 0 unspecified atom stereocenters. The van der Waals surface area contributed by atoms with Crippen molar-refractivity contribution in [2.75, 3.05) is 11.8 Å². The maximum Gasteiger partial charge on any atom is 0.273 e. The normalized spacial score (nSPS) is 11.2. The zero-order chi connectivity index (χ0) is 19.6. The number of anilines is 1. The van der Waals surface area contributed by atoms with Crippen molar-refractivity contribution in [2.45, 2.75) is 11.8 Å². The number of methoxy groups -OCH3 is 1. The summed E-state index contributed by atoms with van der Waals surface area (Å²) in [6.45, 7) is 1.75. The van der Waals surface area contributed by atoms with Gasteiger partial charge in [-0.15, -0.1) is 0 Å². The minimum absolute atomic E-state index is 0.127. The zero-order valence-electron chi connectivity index (χ0n) is 14.3. The molecule has 0 fully saturated rings. The molecule has 140 valence electrons. The molecule has 1 aromatic heterocycles. The number of hydrogen-bond acceptors (Lipinski definition) is 7. The van der Waals surface area contributed by atoms with Crippen LogP contribution in [0.2, 0.25) is 0 Å². The molecule has 0 spiro atoms. The predicted octanol–water partition coefficient (Wildman–Crippen LogP) is 2.50. The van der Waals surface area contributed by atoms with Gasteiger partial charge in [-0.05, 0) is 25.1 Å². The maximum absolute atomic E-state index is 12.7. The molecule has 11 heteroatoms. The number of nitro groups is 1. The summed E-state index contributed by atoms with van der Waals surface area (Å²) in [4.78, 5) is 14.2. The molecule has 3 aromatic rings. The van der Waals surface area contributed by atoms with Crippen molar-refractivity contribution >= 4 is 21.4 Å². The molecule has 0 aliphatic carbocycles. The van der Waals surface area contributed by atoms with Crippen molar-refractivity contribution in [1.82, 2.24) is 15.2 Å². The monoisotopic (exact) mass is 389 g/mol. The number of rotatable bonds is 6. The lowest BCUT2D eigenvalue weighted by Gasteiger charge is -2.12. The van der Waals surface area contributed by atoms with Crippen LogP contribution in [0.1, 0.15) is 5.82 Å². The molecule has 0 amide bonds. The van der Waals surface area contributed by atoms with E-state index in [1.807, 2.05) is 0 Å². The number of nitrogens with one attached hydrogen (secondary N) is 2.